The van der Waals surface area contributed by atoms with Crippen molar-refractivity contribution in [1.82, 2.24) is 34.4 Å². The second kappa shape index (κ2) is 13.1. The number of amides is 4. The molecule has 1 atom stereocenters. The van der Waals surface area contributed by atoms with Gasteiger partial charge in [-0.05, 0) is 51.1 Å². The molecule has 4 heterocycles. The lowest BCUT2D eigenvalue weighted by molar-refractivity contribution is -0.141. The van der Waals surface area contributed by atoms with Crippen LogP contribution in [-0.2, 0) is 22.8 Å². The number of imidazole rings is 1. The summed E-state index contributed by atoms with van der Waals surface area (Å²) >= 11 is 6.44. The van der Waals surface area contributed by atoms with Gasteiger partial charge in [-0.1, -0.05) is 11.6 Å². The zero-order chi connectivity index (χ0) is 33.3. The second-order valence-electron chi connectivity index (χ2n) is 11.3. The number of hydrogen-bond acceptors (Lipinski definition) is 7. The summed E-state index contributed by atoms with van der Waals surface area (Å²) in [6, 6.07) is 3.20. The molecule has 2 saturated heterocycles. The number of nitrogens with one attached hydrogen (secondary N) is 2. The van der Waals surface area contributed by atoms with Crippen molar-refractivity contribution < 1.29 is 32.3 Å². The quantitative estimate of drug-likeness (QED) is 0.350. The van der Waals surface area contributed by atoms with Gasteiger partial charge in [-0.3, -0.25) is 23.9 Å². The molecule has 0 radical (unpaired) electrons. The van der Waals surface area contributed by atoms with Crippen molar-refractivity contribution in [3.8, 4) is 11.3 Å². The number of halogens is 4. The van der Waals surface area contributed by atoms with Crippen LogP contribution in [0, 0.1) is 5.92 Å². The average molecular weight is 664 g/mol. The maximum Gasteiger partial charge on any atom is 0.435 e. The molecule has 13 nitrogen and oxygen atoms in total. The largest absolute Gasteiger partial charge is 0.435 e. The number of nitrogens with zero attached hydrogens (tertiary/aromatic N) is 6. The van der Waals surface area contributed by atoms with Crippen molar-refractivity contribution in [3.63, 3.8) is 0 Å². The normalized spacial score (nSPS) is 16.7. The van der Waals surface area contributed by atoms with Crippen LogP contribution in [0.25, 0.3) is 11.3 Å². The van der Waals surface area contributed by atoms with E-state index in [1.807, 2.05) is 0 Å². The molecule has 4 amide bonds. The first-order valence-corrected chi connectivity index (χ1v) is 15.0. The highest BCUT2D eigenvalue weighted by Crippen LogP contribution is 2.37. The highest BCUT2D eigenvalue weighted by molar-refractivity contribution is 6.34. The smallest absolute Gasteiger partial charge is 0.368 e. The van der Waals surface area contributed by atoms with E-state index in [1.54, 1.807) is 9.80 Å². The first-order valence-electron chi connectivity index (χ1n) is 14.6. The van der Waals surface area contributed by atoms with Crippen LogP contribution in [0.15, 0.2) is 30.6 Å². The fourth-order valence-electron chi connectivity index (χ4n) is 5.57. The lowest BCUT2D eigenvalue weighted by atomic mass is 9.96. The van der Waals surface area contributed by atoms with E-state index in [0.717, 1.165) is 47.6 Å². The van der Waals surface area contributed by atoms with Crippen LogP contribution in [0.1, 0.15) is 52.5 Å². The Morgan fingerprint density at radius 2 is 1.74 bits per heavy atom. The van der Waals surface area contributed by atoms with E-state index in [9.17, 15) is 32.3 Å². The molecule has 3 aromatic rings. The number of benzene rings is 1. The fraction of sp³-hybridized carbons (Fsp3) is 0.448. The monoisotopic (exact) mass is 663 g/mol. The van der Waals surface area contributed by atoms with Gasteiger partial charge >= 0.3 is 6.18 Å². The molecule has 0 spiro atoms. The van der Waals surface area contributed by atoms with E-state index >= 15 is 0 Å². The number of hydrogen-bond donors (Lipinski definition) is 3. The lowest BCUT2D eigenvalue weighted by Crippen LogP contribution is -2.52. The number of piperazine rings is 1. The molecule has 1 unspecified atom stereocenters. The van der Waals surface area contributed by atoms with E-state index < -0.39 is 35.3 Å². The van der Waals surface area contributed by atoms with Gasteiger partial charge in [-0.15, -0.1) is 0 Å². The average Bonchev–Trinajstić information content (AvgIpc) is 3.64. The van der Waals surface area contributed by atoms with Gasteiger partial charge in [0, 0.05) is 51.0 Å². The molecule has 0 bridgehead atoms. The van der Waals surface area contributed by atoms with Crippen LogP contribution >= 0.6 is 11.6 Å². The molecule has 0 saturated carbocycles. The van der Waals surface area contributed by atoms with E-state index in [0.29, 0.717) is 26.2 Å². The molecule has 2 aliphatic heterocycles. The predicted molar refractivity (Wildman–Crippen MR) is 161 cm³/mol. The molecule has 4 N–H and O–H groups in total. The van der Waals surface area contributed by atoms with E-state index in [4.69, 9.17) is 17.3 Å². The summed E-state index contributed by atoms with van der Waals surface area (Å²) in [6.07, 6.45) is -1.13. The first kappa shape index (κ1) is 32.9. The Morgan fingerprint density at radius 3 is 2.35 bits per heavy atom. The van der Waals surface area contributed by atoms with Crippen molar-refractivity contribution in [2.24, 2.45) is 18.7 Å². The van der Waals surface area contributed by atoms with Gasteiger partial charge in [0.15, 0.2) is 11.5 Å². The second-order valence-corrected chi connectivity index (χ2v) is 11.7. The molecular formula is C29H33ClF3N9O4. The van der Waals surface area contributed by atoms with E-state index in [2.05, 4.69) is 20.7 Å². The Bertz CT molecular complexity index is 1660. The standard InChI is InChI=1S/C29H33ClF3N9O4/c1-16(24(34)43)42-15-20(23(38-42)29(31,32)33)22-14-36-25(39(22)2)26(44)37-18-3-4-19(21(30)13-18)28(46)41-11-9-40(10-12-41)27(45)17-5-7-35-8-6-17/h3-4,13-17,35H,5-12H2,1-2H3,(H2,34,43)(H,37,44). The summed E-state index contributed by atoms with van der Waals surface area (Å²) in [6.45, 7) is 4.54. The number of nitrogens with two attached hydrogens (primary N) is 1. The highest BCUT2D eigenvalue weighted by atomic mass is 35.5. The topological polar surface area (TPSA) is 160 Å². The van der Waals surface area contributed by atoms with Crippen LogP contribution < -0.4 is 16.4 Å². The minimum atomic E-state index is -4.86. The lowest BCUT2D eigenvalue weighted by Gasteiger charge is -2.37. The number of rotatable bonds is 7. The minimum absolute atomic E-state index is 0.00603. The van der Waals surface area contributed by atoms with Crippen molar-refractivity contribution in [1.29, 1.82) is 0 Å². The third-order valence-electron chi connectivity index (χ3n) is 8.30. The van der Waals surface area contributed by atoms with Gasteiger partial charge in [0.1, 0.15) is 6.04 Å². The SMILES string of the molecule is CC(C(N)=O)n1cc(-c2cnc(C(=O)Nc3ccc(C(=O)N4CCN(C(=O)C5CCNCC5)CC4)c(Cl)c3)n2C)c(C(F)(F)F)n1. The molecule has 0 aliphatic carbocycles. The van der Waals surface area contributed by atoms with Crippen LogP contribution in [0.5, 0.6) is 0 Å². The Labute approximate surface area is 266 Å². The number of primary amides is 1. The molecule has 1 aromatic carbocycles. The third-order valence-corrected chi connectivity index (χ3v) is 8.61. The van der Waals surface area contributed by atoms with Crippen LogP contribution in [0.2, 0.25) is 5.02 Å². The number of piperidine rings is 1. The number of aromatic nitrogens is 4. The van der Waals surface area contributed by atoms with Crippen LogP contribution in [-0.4, -0.2) is 92.0 Å². The molecule has 46 heavy (non-hydrogen) atoms. The van der Waals surface area contributed by atoms with Crippen LogP contribution in [0.3, 0.4) is 0 Å². The van der Waals surface area contributed by atoms with Crippen molar-refractivity contribution in [2.45, 2.75) is 32.0 Å². The predicted octanol–water partition coefficient (Wildman–Crippen LogP) is 2.54. The molecular weight excluding hydrogens is 631 g/mol. The molecule has 2 aromatic heterocycles. The van der Waals surface area contributed by atoms with Gasteiger partial charge in [-0.2, -0.15) is 18.3 Å². The Hall–Kier alpha value is -4.44. The molecule has 2 fully saturated rings. The van der Waals surface area contributed by atoms with Gasteiger partial charge in [-0.25, -0.2) is 4.98 Å². The summed E-state index contributed by atoms with van der Waals surface area (Å²) in [7, 11) is 1.36. The fourth-order valence-corrected chi connectivity index (χ4v) is 5.83. The third kappa shape index (κ3) is 6.72. The Morgan fingerprint density at radius 1 is 1.09 bits per heavy atom. The molecule has 2 aliphatic rings. The van der Waals surface area contributed by atoms with Crippen molar-refractivity contribution in [3.05, 3.63) is 52.7 Å². The summed E-state index contributed by atoms with van der Waals surface area (Å²) in [4.78, 5) is 58.2. The summed E-state index contributed by atoms with van der Waals surface area (Å²) in [5, 5.41) is 9.46. The van der Waals surface area contributed by atoms with Gasteiger partial charge in [0.2, 0.25) is 11.8 Å². The number of carbonyl (C=O) groups excluding carboxylic acids is 4. The number of anilines is 1. The maximum atomic E-state index is 13.8. The molecule has 17 heteroatoms. The first-order chi connectivity index (χ1) is 21.8. The zero-order valence-corrected chi connectivity index (χ0v) is 25.9. The van der Waals surface area contributed by atoms with Crippen LogP contribution in [0.4, 0.5) is 18.9 Å². The van der Waals surface area contributed by atoms with E-state index in [1.165, 1.54) is 32.2 Å². The number of carbonyl (C=O) groups is 4. The summed E-state index contributed by atoms with van der Waals surface area (Å²) < 4.78 is 43.4. The number of alkyl halides is 3. The molecule has 5 rings (SSSR count). The Balaban J connectivity index is 1.26. The van der Waals surface area contributed by atoms with Gasteiger partial charge in [0.05, 0.1) is 28.0 Å². The minimum Gasteiger partial charge on any atom is -0.368 e. The van der Waals surface area contributed by atoms with Crippen molar-refractivity contribution in [2.75, 3.05) is 44.6 Å². The van der Waals surface area contributed by atoms with E-state index in [-0.39, 0.29) is 45.5 Å². The molecule has 246 valence electrons. The maximum absolute atomic E-state index is 13.8. The Kier molecular flexibility index (Phi) is 9.39. The van der Waals surface area contributed by atoms with Crippen molar-refractivity contribution >= 4 is 40.9 Å². The summed E-state index contributed by atoms with van der Waals surface area (Å²) in [5.41, 5.74) is 3.96. The van der Waals surface area contributed by atoms with Gasteiger partial charge in [0.25, 0.3) is 11.8 Å². The highest BCUT2D eigenvalue weighted by Gasteiger charge is 2.39. The van der Waals surface area contributed by atoms with Gasteiger partial charge < -0.3 is 30.7 Å². The summed E-state index contributed by atoms with van der Waals surface area (Å²) in [5.74, 6) is -2.01. The zero-order valence-electron chi connectivity index (χ0n) is 25.1.